The second-order valence-electron chi connectivity index (χ2n) is 7.09. The molecule has 3 heterocycles. The van der Waals surface area contributed by atoms with E-state index in [1.807, 2.05) is 12.4 Å². The topological polar surface area (TPSA) is 59.7 Å². The van der Waals surface area contributed by atoms with Crippen LogP contribution in [0.25, 0.3) is 0 Å². The SMILES string of the molecule is CC(C)n1cnnc1C1CCN(c2nnc(Cc3ccccc3)s2)CC1. The van der Waals surface area contributed by atoms with Crippen molar-refractivity contribution in [3.05, 3.63) is 53.1 Å². The minimum absolute atomic E-state index is 0.404. The lowest BCUT2D eigenvalue weighted by molar-refractivity contribution is 0.448. The van der Waals surface area contributed by atoms with Gasteiger partial charge in [-0.3, -0.25) is 0 Å². The third kappa shape index (κ3) is 3.62. The lowest BCUT2D eigenvalue weighted by Gasteiger charge is -2.31. The van der Waals surface area contributed by atoms with E-state index in [1.165, 1.54) is 5.56 Å². The molecule has 0 atom stereocenters. The molecule has 0 radical (unpaired) electrons. The standard InChI is InChI=1S/C19H24N6S/c1-14(2)25-13-20-22-18(25)16-8-10-24(11-9-16)19-23-21-17(26-19)12-15-6-4-3-5-7-15/h3-7,13-14,16H,8-12H2,1-2H3. The minimum atomic E-state index is 0.404. The van der Waals surface area contributed by atoms with E-state index in [9.17, 15) is 0 Å². The van der Waals surface area contributed by atoms with Gasteiger partial charge in [0.05, 0.1) is 0 Å². The molecule has 0 aliphatic carbocycles. The Labute approximate surface area is 157 Å². The number of nitrogens with zero attached hydrogens (tertiary/aromatic N) is 6. The molecule has 0 amide bonds. The molecule has 1 aliphatic heterocycles. The van der Waals surface area contributed by atoms with Crippen LogP contribution in [0, 0.1) is 0 Å². The average Bonchev–Trinajstić information content (AvgIpc) is 3.32. The molecule has 1 aromatic carbocycles. The van der Waals surface area contributed by atoms with Crippen molar-refractivity contribution in [3.63, 3.8) is 0 Å². The molecule has 0 bridgehead atoms. The van der Waals surface area contributed by atoms with Gasteiger partial charge in [0.2, 0.25) is 5.13 Å². The van der Waals surface area contributed by atoms with Crippen LogP contribution in [0.5, 0.6) is 0 Å². The van der Waals surface area contributed by atoms with Gasteiger partial charge in [0.1, 0.15) is 17.2 Å². The van der Waals surface area contributed by atoms with Crippen molar-refractivity contribution in [1.29, 1.82) is 0 Å². The zero-order valence-corrected chi connectivity index (χ0v) is 16.1. The largest absolute Gasteiger partial charge is 0.347 e. The molecular weight excluding hydrogens is 344 g/mol. The quantitative estimate of drug-likeness (QED) is 0.687. The van der Waals surface area contributed by atoms with Gasteiger partial charge in [-0.2, -0.15) is 0 Å². The summed E-state index contributed by atoms with van der Waals surface area (Å²) in [6.45, 7) is 6.35. The molecular formula is C19H24N6S. The summed E-state index contributed by atoms with van der Waals surface area (Å²) in [7, 11) is 0. The maximum atomic E-state index is 4.43. The first-order valence-corrected chi connectivity index (χ1v) is 10.0. The summed E-state index contributed by atoms with van der Waals surface area (Å²) in [6, 6.07) is 10.9. The molecule has 136 valence electrons. The van der Waals surface area contributed by atoms with Crippen LogP contribution < -0.4 is 4.90 Å². The second kappa shape index (κ2) is 7.53. The van der Waals surface area contributed by atoms with Crippen molar-refractivity contribution in [2.45, 2.75) is 45.1 Å². The predicted molar refractivity (Wildman–Crippen MR) is 104 cm³/mol. The lowest BCUT2D eigenvalue weighted by atomic mass is 9.96. The highest BCUT2D eigenvalue weighted by molar-refractivity contribution is 7.15. The highest BCUT2D eigenvalue weighted by atomic mass is 32.1. The molecule has 0 spiro atoms. The molecule has 0 unspecified atom stereocenters. The second-order valence-corrected chi connectivity index (χ2v) is 8.13. The average molecular weight is 369 g/mol. The Kier molecular flexibility index (Phi) is 4.97. The Morgan fingerprint density at radius 2 is 1.85 bits per heavy atom. The Balaban J connectivity index is 1.38. The number of piperidine rings is 1. The van der Waals surface area contributed by atoms with Crippen molar-refractivity contribution < 1.29 is 0 Å². The molecule has 6 nitrogen and oxygen atoms in total. The molecule has 1 saturated heterocycles. The molecule has 7 heteroatoms. The van der Waals surface area contributed by atoms with Crippen LogP contribution in [0.15, 0.2) is 36.7 Å². The van der Waals surface area contributed by atoms with Gasteiger partial charge in [0.15, 0.2) is 0 Å². The van der Waals surface area contributed by atoms with Crippen LogP contribution in [0.3, 0.4) is 0 Å². The van der Waals surface area contributed by atoms with E-state index in [-0.39, 0.29) is 0 Å². The van der Waals surface area contributed by atoms with Crippen molar-refractivity contribution in [2.24, 2.45) is 0 Å². The summed E-state index contributed by atoms with van der Waals surface area (Å²) < 4.78 is 2.20. The van der Waals surface area contributed by atoms with E-state index in [0.717, 1.165) is 48.3 Å². The van der Waals surface area contributed by atoms with Crippen LogP contribution in [0.4, 0.5) is 5.13 Å². The third-order valence-electron chi connectivity index (χ3n) is 4.94. The maximum Gasteiger partial charge on any atom is 0.208 e. The summed E-state index contributed by atoms with van der Waals surface area (Å²) in [4.78, 5) is 2.36. The van der Waals surface area contributed by atoms with Gasteiger partial charge >= 0.3 is 0 Å². The monoisotopic (exact) mass is 368 g/mol. The smallest absolute Gasteiger partial charge is 0.208 e. The van der Waals surface area contributed by atoms with Crippen LogP contribution in [0.2, 0.25) is 0 Å². The third-order valence-corrected chi connectivity index (χ3v) is 5.93. The fraction of sp³-hybridized carbons (Fsp3) is 0.474. The predicted octanol–water partition coefficient (Wildman–Crippen LogP) is 3.69. The first-order chi connectivity index (χ1) is 12.7. The Hall–Kier alpha value is -2.28. The number of anilines is 1. The summed E-state index contributed by atoms with van der Waals surface area (Å²) in [6.07, 6.45) is 4.87. The Bertz CT molecular complexity index is 833. The van der Waals surface area contributed by atoms with Crippen LogP contribution in [0.1, 0.15) is 55.0 Å². The molecule has 1 fully saturated rings. The molecule has 0 N–H and O–H groups in total. The zero-order chi connectivity index (χ0) is 17.9. The molecule has 1 aliphatic rings. The molecule has 0 saturated carbocycles. The summed E-state index contributed by atoms with van der Waals surface area (Å²) in [5, 5.41) is 19.4. The number of benzene rings is 1. The van der Waals surface area contributed by atoms with Crippen molar-refractivity contribution >= 4 is 16.5 Å². The Morgan fingerprint density at radius 1 is 1.08 bits per heavy atom. The van der Waals surface area contributed by atoms with Crippen LogP contribution in [-0.2, 0) is 6.42 Å². The van der Waals surface area contributed by atoms with E-state index in [1.54, 1.807) is 11.3 Å². The van der Waals surface area contributed by atoms with E-state index in [4.69, 9.17) is 0 Å². The summed E-state index contributed by atoms with van der Waals surface area (Å²) >= 11 is 1.71. The van der Waals surface area contributed by atoms with E-state index < -0.39 is 0 Å². The van der Waals surface area contributed by atoms with Crippen molar-refractivity contribution in [1.82, 2.24) is 25.0 Å². The highest BCUT2D eigenvalue weighted by Gasteiger charge is 2.26. The van der Waals surface area contributed by atoms with Gasteiger partial charge in [-0.05, 0) is 32.3 Å². The normalized spacial score (nSPS) is 15.7. The van der Waals surface area contributed by atoms with Crippen molar-refractivity contribution in [3.8, 4) is 0 Å². The van der Waals surface area contributed by atoms with Gasteiger partial charge < -0.3 is 9.47 Å². The number of hydrogen-bond acceptors (Lipinski definition) is 6. The molecule has 26 heavy (non-hydrogen) atoms. The van der Waals surface area contributed by atoms with Crippen molar-refractivity contribution in [2.75, 3.05) is 18.0 Å². The fourth-order valence-electron chi connectivity index (χ4n) is 3.49. The number of hydrogen-bond donors (Lipinski definition) is 0. The lowest BCUT2D eigenvalue weighted by Crippen LogP contribution is -2.33. The molecule has 2 aromatic heterocycles. The Morgan fingerprint density at radius 3 is 2.58 bits per heavy atom. The van der Waals surface area contributed by atoms with Gasteiger partial charge in [-0.1, -0.05) is 41.7 Å². The summed E-state index contributed by atoms with van der Waals surface area (Å²) in [5.41, 5.74) is 1.28. The highest BCUT2D eigenvalue weighted by Crippen LogP contribution is 2.32. The van der Waals surface area contributed by atoms with E-state index in [2.05, 4.69) is 68.0 Å². The van der Waals surface area contributed by atoms with Gasteiger partial charge in [-0.15, -0.1) is 20.4 Å². The first-order valence-electron chi connectivity index (χ1n) is 9.21. The zero-order valence-electron chi connectivity index (χ0n) is 15.2. The molecule has 3 aromatic rings. The summed E-state index contributed by atoms with van der Waals surface area (Å²) in [5.74, 6) is 1.61. The molecule has 4 rings (SSSR count). The van der Waals surface area contributed by atoms with Gasteiger partial charge in [0.25, 0.3) is 0 Å². The van der Waals surface area contributed by atoms with E-state index >= 15 is 0 Å². The van der Waals surface area contributed by atoms with Gasteiger partial charge in [-0.25, -0.2) is 0 Å². The number of aromatic nitrogens is 5. The first kappa shape index (κ1) is 17.1. The maximum absolute atomic E-state index is 4.43. The minimum Gasteiger partial charge on any atom is -0.347 e. The van der Waals surface area contributed by atoms with Crippen LogP contribution >= 0.6 is 11.3 Å². The van der Waals surface area contributed by atoms with Crippen LogP contribution in [-0.4, -0.2) is 38.1 Å². The number of rotatable bonds is 5. The fourth-order valence-corrected chi connectivity index (χ4v) is 4.41. The van der Waals surface area contributed by atoms with E-state index in [0.29, 0.717) is 12.0 Å². The van der Waals surface area contributed by atoms with Gasteiger partial charge in [0, 0.05) is 31.5 Å².